The van der Waals surface area contributed by atoms with Crippen molar-refractivity contribution in [2.24, 2.45) is 5.73 Å². The molecule has 0 aromatic carbocycles. The van der Waals surface area contributed by atoms with Gasteiger partial charge in [-0.1, -0.05) is 0 Å². The van der Waals surface area contributed by atoms with Crippen LogP contribution in [0, 0.1) is 6.92 Å². The molecule has 0 atom stereocenters. The first-order chi connectivity index (χ1) is 6.06. The number of aromatic nitrogens is 1. The summed E-state index contributed by atoms with van der Waals surface area (Å²) in [4.78, 5) is 7.81. The molecule has 1 aromatic heterocycles. The average molecular weight is 199 g/mol. The first kappa shape index (κ1) is 10.5. The Balaban J connectivity index is 2.90. The third-order valence-corrected chi connectivity index (χ3v) is 3.41. The molecule has 3 nitrogen and oxygen atoms in total. The molecule has 1 rings (SSSR count). The largest absolute Gasteiger partial charge is 0.349 e. The van der Waals surface area contributed by atoms with Crippen LogP contribution in [-0.2, 0) is 6.54 Å². The molecule has 0 aliphatic heterocycles. The SMILES string of the molecule is Cc1nc(N(C)C(C)C)sc1CN. The minimum absolute atomic E-state index is 0.483. The highest BCUT2D eigenvalue weighted by Crippen LogP contribution is 2.25. The fraction of sp³-hybridized carbons (Fsp3) is 0.667. The van der Waals surface area contributed by atoms with Gasteiger partial charge in [-0.25, -0.2) is 4.98 Å². The Hall–Kier alpha value is -0.610. The van der Waals surface area contributed by atoms with E-state index in [1.165, 1.54) is 4.88 Å². The van der Waals surface area contributed by atoms with Crippen molar-refractivity contribution < 1.29 is 0 Å². The van der Waals surface area contributed by atoms with Crippen molar-refractivity contribution in [1.82, 2.24) is 4.98 Å². The van der Waals surface area contributed by atoms with Crippen LogP contribution in [0.5, 0.6) is 0 Å². The van der Waals surface area contributed by atoms with Crippen LogP contribution in [0.2, 0.25) is 0 Å². The second kappa shape index (κ2) is 4.07. The lowest BCUT2D eigenvalue weighted by atomic mass is 10.4. The Morgan fingerprint density at radius 1 is 1.54 bits per heavy atom. The molecule has 0 saturated heterocycles. The number of aryl methyl sites for hydroxylation is 1. The molecule has 1 aromatic rings. The molecule has 4 heteroatoms. The molecule has 0 spiro atoms. The molecule has 0 saturated carbocycles. The summed E-state index contributed by atoms with van der Waals surface area (Å²) in [5.74, 6) is 0. The van der Waals surface area contributed by atoms with E-state index in [0.717, 1.165) is 10.8 Å². The van der Waals surface area contributed by atoms with E-state index in [4.69, 9.17) is 5.73 Å². The van der Waals surface area contributed by atoms with Crippen LogP contribution in [0.1, 0.15) is 24.4 Å². The molecule has 2 N–H and O–H groups in total. The summed E-state index contributed by atoms with van der Waals surface area (Å²) in [6.45, 7) is 6.91. The van der Waals surface area contributed by atoms with Gasteiger partial charge >= 0.3 is 0 Å². The fourth-order valence-electron chi connectivity index (χ4n) is 0.974. The molecule has 13 heavy (non-hydrogen) atoms. The van der Waals surface area contributed by atoms with Crippen LogP contribution in [-0.4, -0.2) is 18.1 Å². The number of hydrogen-bond donors (Lipinski definition) is 1. The zero-order valence-electron chi connectivity index (χ0n) is 8.66. The van der Waals surface area contributed by atoms with Crippen molar-refractivity contribution in [3.63, 3.8) is 0 Å². The van der Waals surface area contributed by atoms with Gasteiger partial charge in [0.1, 0.15) is 0 Å². The lowest BCUT2D eigenvalue weighted by Gasteiger charge is -2.19. The van der Waals surface area contributed by atoms with Gasteiger partial charge in [0.05, 0.1) is 5.69 Å². The van der Waals surface area contributed by atoms with Crippen LogP contribution in [0.3, 0.4) is 0 Å². The quantitative estimate of drug-likeness (QED) is 0.806. The Morgan fingerprint density at radius 2 is 2.15 bits per heavy atom. The third kappa shape index (κ3) is 2.19. The molecule has 0 radical (unpaired) electrons. The number of rotatable bonds is 3. The van der Waals surface area contributed by atoms with Crippen LogP contribution in [0.4, 0.5) is 5.13 Å². The minimum atomic E-state index is 0.483. The zero-order valence-corrected chi connectivity index (χ0v) is 9.48. The lowest BCUT2D eigenvalue weighted by molar-refractivity contribution is 0.750. The van der Waals surface area contributed by atoms with Gasteiger partial charge in [-0.05, 0) is 20.8 Å². The Labute approximate surface area is 83.6 Å². The maximum Gasteiger partial charge on any atom is 0.185 e. The minimum Gasteiger partial charge on any atom is -0.349 e. The molecule has 0 unspecified atom stereocenters. The predicted molar refractivity (Wildman–Crippen MR) is 58.3 cm³/mol. The molecule has 0 aliphatic rings. The van der Waals surface area contributed by atoms with Crippen LogP contribution in [0.15, 0.2) is 0 Å². The van der Waals surface area contributed by atoms with Crippen molar-refractivity contribution in [2.75, 3.05) is 11.9 Å². The lowest BCUT2D eigenvalue weighted by Crippen LogP contribution is -2.25. The number of nitrogens with zero attached hydrogens (tertiary/aromatic N) is 2. The highest BCUT2D eigenvalue weighted by Gasteiger charge is 2.11. The monoisotopic (exact) mass is 199 g/mol. The number of hydrogen-bond acceptors (Lipinski definition) is 4. The van der Waals surface area contributed by atoms with Crippen LogP contribution in [0.25, 0.3) is 0 Å². The van der Waals surface area contributed by atoms with Gasteiger partial charge in [0, 0.05) is 24.5 Å². The number of thiazole rings is 1. The van der Waals surface area contributed by atoms with Crippen molar-refractivity contribution in [2.45, 2.75) is 33.4 Å². The summed E-state index contributed by atoms with van der Waals surface area (Å²) in [7, 11) is 2.06. The summed E-state index contributed by atoms with van der Waals surface area (Å²) >= 11 is 1.69. The van der Waals surface area contributed by atoms with Gasteiger partial charge in [-0.2, -0.15) is 0 Å². The van der Waals surface area contributed by atoms with Gasteiger partial charge in [0.25, 0.3) is 0 Å². The van der Waals surface area contributed by atoms with E-state index >= 15 is 0 Å². The summed E-state index contributed by atoms with van der Waals surface area (Å²) in [5, 5.41) is 1.06. The first-order valence-electron chi connectivity index (χ1n) is 4.45. The predicted octanol–water partition coefficient (Wildman–Crippen LogP) is 1.75. The van der Waals surface area contributed by atoms with Gasteiger partial charge in [-0.15, -0.1) is 11.3 Å². The standard InChI is InChI=1S/C9H17N3S/c1-6(2)12(4)9-11-7(3)8(5-10)13-9/h6H,5,10H2,1-4H3. The zero-order chi connectivity index (χ0) is 10.0. The van der Waals surface area contributed by atoms with E-state index in [0.29, 0.717) is 12.6 Å². The number of nitrogens with two attached hydrogens (primary N) is 1. The highest BCUT2D eigenvalue weighted by molar-refractivity contribution is 7.15. The second-order valence-electron chi connectivity index (χ2n) is 3.41. The summed E-state index contributed by atoms with van der Waals surface area (Å²) < 4.78 is 0. The van der Waals surface area contributed by atoms with Crippen molar-refractivity contribution in [3.05, 3.63) is 10.6 Å². The number of anilines is 1. The topological polar surface area (TPSA) is 42.2 Å². The van der Waals surface area contributed by atoms with E-state index in [1.54, 1.807) is 11.3 Å². The van der Waals surface area contributed by atoms with Gasteiger partial charge in [0.2, 0.25) is 0 Å². The first-order valence-corrected chi connectivity index (χ1v) is 5.27. The fourth-order valence-corrected chi connectivity index (χ4v) is 2.01. The maximum absolute atomic E-state index is 5.59. The van der Waals surface area contributed by atoms with Gasteiger partial charge in [0.15, 0.2) is 5.13 Å². The Morgan fingerprint density at radius 3 is 2.54 bits per heavy atom. The Kier molecular flexibility index (Phi) is 3.27. The molecule has 0 bridgehead atoms. The van der Waals surface area contributed by atoms with E-state index in [2.05, 4.69) is 30.8 Å². The van der Waals surface area contributed by atoms with E-state index < -0.39 is 0 Å². The maximum atomic E-state index is 5.59. The van der Waals surface area contributed by atoms with Crippen molar-refractivity contribution in [3.8, 4) is 0 Å². The third-order valence-electron chi connectivity index (χ3n) is 2.14. The van der Waals surface area contributed by atoms with E-state index in [9.17, 15) is 0 Å². The second-order valence-corrected chi connectivity index (χ2v) is 4.48. The molecule has 0 fully saturated rings. The van der Waals surface area contributed by atoms with Crippen molar-refractivity contribution in [1.29, 1.82) is 0 Å². The molecule has 1 heterocycles. The normalized spacial score (nSPS) is 10.9. The summed E-state index contributed by atoms with van der Waals surface area (Å²) in [6.07, 6.45) is 0. The average Bonchev–Trinajstić information content (AvgIpc) is 2.45. The molecule has 0 aliphatic carbocycles. The Bertz CT molecular complexity index is 280. The smallest absolute Gasteiger partial charge is 0.185 e. The molecule has 74 valence electrons. The van der Waals surface area contributed by atoms with E-state index in [-0.39, 0.29) is 0 Å². The molecular formula is C9H17N3S. The van der Waals surface area contributed by atoms with Crippen LogP contribution < -0.4 is 10.6 Å². The van der Waals surface area contributed by atoms with E-state index in [1.807, 2.05) is 6.92 Å². The van der Waals surface area contributed by atoms with Crippen LogP contribution >= 0.6 is 11.3 Å². The van der Waals surface area contributed by atoms with Gasteiger partial charge in [-0.3, -0.25) is 0 Å². The molecular weight excluding hydrogens is 182 g/mol. The molecule has 0 amide bonds. The van der Waals surface area contributed by atoms with Gasteiger partial charge < -0.3 is 10.6 Å². The van der Waals surface area contributed by atoms with Crippen molar-refractivity contribution >= 4 is 16.5 Å². The summed E-state index contributed by atoms with van der Waals surface area (Å²) in [6, 6.07) is 0.483. The highest BCUT2D eigenvalue weighted by atomic mass is 32.1. The summed E-state index contributed by atoms with van der Waals surface area (Å²) in [5.41, 5.74) is 6.66.